The van der Waals surface area contributed by atoms with Gasteiger partial charge in [0.1, 0.15) is 5.60 Å². The fraction of sp³-hybridized carbons (Fsp3) is 1.00. The van der Waals surface area contributed by atoms with Crippen molar-refractivity contribution in [3.05, 3.63) is 0 Å². The highest BCUT2D eigenvalue weighted by molar-refractivity contribution is 5.17. The minimum atomic E-state index is -0.197. The van der Waals surface area contributed by atoms with Gasteiger partial charge in [0.25, 0.3) is 0 Å². The molecule has 3 heteroatoms. The average Bonchev–Trinajstić information content (AvgIpc) is 2.95. The quantitative estimate of drug-likeness (QED) is 0.760. The molecule has 0 aromatic carbocycles. The van der Waals surface area contributed by atoms with Crippen LogP contribution in [0.25, 0.3) is 0 Å². The summed E-state index contributed by atoms with van der Waals surface area (Å²) >= 11 is 0. The molecule has 1 spiro atoms. The summed E-state index contributed by atoms with van der Waals surface area (Å²) in [6, 6.07) is 0.480. The Kier molecular flexibility index (Phi) is 2.43. The molecule has 3 nitrogen and oxygen atoms in total. The van der Waals surface area contributed by atoms with Crippen molar-refractivity contribution in [1.29, 1.82) is 0 Å². The van der Waals surface area contributed by atoms with Crippen molar-refractivity contribution >= 4 is 0 Å². The van der Waals surface area contributed by atoms with E-state index < -0.39 is 0 Å². The molecule has 0 bridgehead atoms. The largest absolute Gasteiger partial charge is 0.369 e. The van der Waals surface area contributed by atoms with E-state index in [9.17, 15) is 0 Å². The predicted octanol–water partition coefficient (Wildman–Crippen LogP) is 2.10. The van der Waals surface area contributed by atoms with Crippen LogP contribution in [0.2, 0.25) is 0 Å². The van der Waals surface area contributed by atoms with Gasteiger partial charge in [-0.05, 0) is 46.5 Å². The van der Waals surface area contributed by atoms with E-state index in [4.69, 9.17) is 9.47 Å². The van der Waals surface area contributed by atoms with Gasteiger partial charge in [0.05, 0.1) is 17.8 Å². The van der Waals surface area contributed by atoms with Crippen LogP contribution >= 0.6 is 0 Å². The zero-order valence-electron chi connectivity index (χ0n) is 11.5. The fourth-order valence-corrected chi connectivity index (χ4v) is 4.05. The third-order valence-electron chi connectivity index (χ3n) is 4.66. The summed E-state index contributed by atoms with van der Waals surface area (Å²) in [5.41, 5.74) is -0.400. The molecule has 3 rings (SSSR count). The molecular weight excluding hydrogens is 214 g/mol. The number of morpholine rings is 1. The Labute approximate surface area is 104 Å². The van der Waals surface area contributed by atoms with Crippen molar-refractivity contribution in [1.82, 2.24) is 5.32 Å². The molecule has 3 fully saturated rings. The third kappa shape index (κ3) is 1.74. The standard InChI is InChI=1S/C14H25NO2/c1-12(2)9-14(13(3,4)17-12)11(10-5-6-10)15-7-8-16-14/h10-11,15H,5-9H2,1-4H3. The van der Waals surface area contributed by atoms with Crippen LogP contribution in [-0.4, -0.2) is 36.0 Å². The Morgan fingerprint density at radius 2 is 1.82 bits per heavy atom. The maximum Gasteiger partial charge on any atom is 0.115 e. The highest BCUT2D eigenvalue weighted by atomic mass is 16.6. The highest BCUT2D eigenvalue weighted by Crippen LogP contribution is 2.54. The van der Waals surface area contributed by atoms with Gasteiger partial charge >= 0.3 is 0 Å². The highest BCUT2D eigenvalue weighted by Gasteiger charge is 2.64. The van der Waals surface area contributed by atoms with Gasteiger partial charge in [0.15, 0.2) is 0 Å². The first-order valence-electron chi connectivity index (χ1n) is 6.94. The maximum atomic E-state index is 6.30. The third-order valence-corrected chi connectivity index (χ3v) is 4.66. The Morgan fingerprint density at radius 1 is 1.12 bits per heavy atom. The molecule has 2 unspecified atom stereocenters. The molecule has 98 valence electrons. The second kappa shape index (κ2) is 3.46. The van der Waals surface area contributed by atoms with Crippen molar-refractivity contribution in [2.45, 2.75) is 69.8 Å². The second-order valence-corrected chi connectivity index (χ2v) is 7.06. The van der Waals surface area contributed by atoms with Crippen LogP contribution in [-0.2, 0) is 9.47 Å². The van der Waals surface area contributed by atoms with E-state index in [1.165, 1.54) is 12.8 Å². The van der Waals surface area contributed by atoms with Crippen molar-refractivity contribution in [3.63, 3.8) is 0 Å². The first kappa shape index (κ1) is 11.9. The van der Waals surface area contributed by atoms with Crippen LogP contribution < -0.4 is 5.32 Å². The van der Waals surface area contributed by atoms with E-state index in [2.05, 4.69) is 33.0 Å². The smallest absolute Gasteiger partial charge is 0.115 e. The zero-order valence-corrected chi connectivity index (χ0v) is 11.5. The normalized spacial score (nSPS) is 44.1. The maximum absolute atomic E-state index is 6.30. The van der Waals surface area contributed by atoms with Crippen molar-refractivity contribution < 1.29 is 9.47 Å². The van der Waals surface area contributed by atoms with Crippen LogP contribution in [0.5, 0.6) is 0 Å². The van der Waals surface area contributed by atoms with Crippen LogP contribution in [0.4, 0.5) is 0 Å². The molecule has 0 amide bonds. The number of hydrogen-bond donors (Lipinski definition) is 1. The molecule has 1 aliphatic carbocycles. The summed E-state index contributed by atoms with van der Waals surface area (Å²) in [5, 5.41) is 3.70. The number of hydrogen-bond acceptors (Lipinski definition) is 3. The van der Waals surface area contributed by atoms with Crippen molar-refractivity contribution in [3.8, 4) is 0 Å². The van der Waals surface area contributed by atoms with Crippen LogP contribution in [0.15, 0.2) is 0 Å². The van der Waals surface area contributed by atoms with Crippen LogP contribution in [0.3, 0.4) is 0 Å². The predicted molar refractivity (Wildman–Crippen MR) is 67.1 cm³/mol. The lowest BCUT2D eigenvalue weighted by atomic mass is 9.74. The fourth-order valence-electron chi connectivity index (χ4n) is 4.05. The van der Waals surface area contributed by atoms with Gasteiger partial charge in [-0.15, -0.1) is 0 Å². The summed E-state index contributed by atoms with van der Waals surface area (Å²) in [6.45, 7) is 10.6. The van der Waals surface area contributed by atoms with E-state index in [1.807, 2.05) is 0 Å². The topological polar surface area (TPSA) is 30.5 Å². The van der Waals surface area contributed by atoms with Crippen molar-refractivity contribution in [2.75, 3.05) is 13.2 Å². The lowest BCUT2D eigenvalue weighted by molar-refractivity contribution is -0.182. The molecule has 0 aromatic heterocycles. The molecule has 2 aliphatic heterocycles. The Hall–Kier alpha value is -0.120. The van der Waals surface area contributed by atoms with E-state index in [0.29, 0.717) is 6.04 Å². The molecule has 0 aromatic rings. The first-order chi connectivity index (χ1) is 7.86. The molecule has 17 heavy (non-hydrogen) atoms. The summed E-state index contributed by atoms with van der Waals surface area (Å²) in [7, 11) is 0. The van der Waals surface area contributed by atoms with Crippen molar-refractivity contribution in [2.24, 2.45) is 5.92 Å². The number of rotatable bonds is 1. The minimum Gasteiger partial charge on any atom is -0.369 e. The van der Waals surface area contributed by atoms with Crippen LogP contribution in [0, 0.1) is 5.92 Å². The first-order valence-corrected chi connectivity index (χ1v) is 6.94. The van der Waals surface area contributed by atoms with Gasteiger partial charge in [-0.3, -0.25) is 0 Å². The van der Waals surface area contributed by atoms with Gasteiger partial charge in [-0.25, -0.2) is 0 Å². The molecule has 1 N–H and O–H groups in total. The molecule has 2 heterocycles. The summed E-state index contributed by atoms with van der Waals surface area (Å²) in [6.07, 6.45) is 3.69. The van der Waals surface area contributed by atoms with Gasteiger partial charge in [-0.2, -0.15) is 0 Å². The molecular formula is C14H25NO2. The lowest BCUT2D eigenvalue weighted by Gasteiger charge is -2.48. The van der Waals surface area contributed by atoms with E-state index >= 15 is 0 Å². The molecule has 1 saturated carbocycles. The summed E-state index contributed by atoms with van der Waals surface area (Å²) < 4.78 is 12.6. The Morgan fingerprint density at radius 3 is 2.35 bits per heavy atom. The molecule has 3 aliphatic rings. The van der Waals surface area contributed by atoms with Crippen LogP contribution in [0.1, 0.15) is 47.0 Å². The lowest BCUT2D eigenvalue weighted by Crippen LogP contribution is -2.66. The summed E-state index contributed by atoms with van der Waals surface area (Å²) in [4.78, 5) is 0. The van der Waals surface area contributed by atoms with Gasteiger partial charge in [-0.1, -0.05) is 0 Å². The number of ether oxygens (including phenoxy) is 2. The minimum absolute atomic E-state index is 0.0737. The molecule has 2 saturated heterocycles. The average molecular weight is 239 g/mol. The SMILES string of the molecule is CC1(C)CC2(OCCNC2C2CC2)C(C)(C)O1. The van der Waals surface area contributed by atoms with Gasteiger partial charge in [0.2, 0.25) is 0 Å². The van der Waals surface area contributed by atoms with E-state index in [-0.39, 0.29) is 16.8 Å². The number of nitrogens with one attached hydrogen (secondary N) is 1. The zero-order chi connectivity index (χ0) is 12.3. The molecule has 2 atom stereocenters. The van der Waals surface area contributed by atoms with E-state index in [1.54, 1.807) is 0 Å². The van der Waals surface area contributed by atoms with Gasteiger partial charge in [0, 0.05) is 19.0 Å². The Bertz CT molecular complexity index is 322. The summed E-state index contributed by atoms with van der Waals surface area (Å²) in [5.74, 6) is 0.798. The van der Waals surface area contributed by atoms with Gasteiger partial charge < -0.3 is 14.8 Å². The Balaban J connectivity index is 1.96. The second-order valence-electron chi connectivity index (χ2n) is 7.06. The van der Waals surface area contributed by atoms with E-state index in [0.717, 1.165) is 25.5 Å². The molecule has 0 radical (unpaired) electrons. The monoisotopic (exact) mass is 239 g/mol.